The molecule has 0 aliphatic heterocycles. The lowest BCUT2D eigenvalue weighted by Gasteiger charge is -2.09. The summed E-state index contributed by atoms with van der Waals surface area (Å²) in [7, 11) is 0. The first kappa shape index (κ1) is 16.5. The zero-order valence-electron chi connectivity index (χ0n) is 13.4. The van der Waals surface area contributed by atoms with E-state index in [1.165, 1.54) is 18.2 Å². The number of nitrogens with zero attached hydrogens (tertiary/aromatic N) is 1. The second-order valence-corrected chi connectivity index (χ2v) is 5.33. The zero-order chi connectivity index (χ0) is 17.8. The van der Waals surface area contributed by atoms with Gasteiger partial charge in [-0.05, 0) is 24.6 Å². The molecule has 25 heavy (non-hydrogen) atoms. The monoisotopic (exact) mass is 341 g/mol. The summed E-state index contributed by atoms with van der Waals surface area (Å²) in [5.41, 5.74) is 0.143. The van der Waals surface area contributed by atoms with Crippen molar-refractivity contribution < 1.29 is 18.8 Å². The van der Waals surface area contributed by atoms with Gasteiger partial charge in [-0.1, -0.05) is 18.2 Å². The van der Waals surface area contributed by atoms with Gasteiger partial charge in [0.2, 0.25) is 5.75 Å². The summed E-state index contributed by atoms with van der Waals surface area (Å²) in [5, 5.41) is 11.8. The molecule has 0 unspecified atom stereocenters. The second-order valence-electron chi connectivity index (χ2n) is 5.33. The molecule has 0 spiro atoms. The number of hydrogen-bond donors (Lipinski definition) is 0. The summed E-state index contributed by atoms with van der Waals surface area (Å²) < 4.78 is 16.1. The molecule has 3 rings (SSSR count). The van der Waals surface area contributed by atoms with Crippen LogP contribution in [0.15, 0.2) is 57.7 Å². The minimum absolute atomic E-state index is 0.0305. The van der Waals surface area contributed by atoms with Crippen LogP contribution in [0, 0.1) is 17.0 Å². The van der Waals surface area contributed by atoms with E-state index in [9.17, 15) is 14.9 Å². The summed E-state index contributed by atoms with van der Waals surface area (Å²) in [6.07, 6.45) is 0. The first-order valence-electron chi connectivity index (χ1n) is 7.58. The molecule has 0 bridgehead atoms. The Hall–Kier alpha value is -3.35. The Morgan fingerprint density at radius 1 is 1.08 bits per heavy atom. The van der Waals surface area contributed by atoms with Crippen LogP contribution in [0.5, 0.6) is 11.5 Å². The molecule has 3 aromatic rings. The summed E-state index contributed by atoms with van der Waals surface area (Å²) >= 11 is 0. The quantitative estimate of drug-likeness (QED) is 0.295. The maximum atomic E-state index is 11.5. The van der Waals surface area contributed by atoms with Crippen molar-refractivity contribution in [2.45, 2.75) is 6.92 Å². The third-order valence-corrected chi connectivity index (χ3v) is 3.58. The van der Waals surface area contributed by atoms with E-state index in [1.54, 1.807) is 19.1 Å². The van der Waals surface area contributed by atoms with Crippen LogP contribution in [0.1, 0.15) is 5.56 Å². The molecule has 1 heterocycles. The number of para-hydroxylation sites is 1. The van der Waals surface area contributed by atoms with Crippen molar-refractivity contribution in [3.05, 3.63) is 74.6 Å². The Bertz CT molecular complexity index is 964. The fourth-order valence-electron chi connectivity index (χ4n) is 2.42. The van der Waals surface area contributed by atoms with E-state index in [-0.39, 0.29) is 30.2 Å². The van der Waals surface area contributed by atoms with E-state index in [2.05, 4.69) is 0 Å². The third kappa shape index (κ3) is 3.77. The molecule has 7 heteroatoms. The standard InChI is InChI=1S/C18H15NO6/c1-12-9-18(20)25-16-11-17(15(19(21)22)10-14(12)16)24-8-7-23-13-5-3-2-4-6-13/h2-6,9-11H,7-8H2,1H3. The van der Waals surface area contributed by atoms with E-state index in [0.29, 0.717) is 16.7 Å². The van der Waals surface area contributed by atoms with Gasteiger partial charge in [0.15, 0.2) is 0 Å². The highest BCUT2D eigenvalue weighted by Crippen LogP contribution is 2.33. The van der Waals surface area contributed by atoms with Gasteiger partial charge in [-0.15, -0.1) is 0 Å². The van der Waals surface area contributed by atoms with Crippen molar-refractivity contribution in [2.75, 3.05) is 13.2 Å². The fourth-order valence-corrected chi connectivity index (χ4v) is 2.42. The third-order valence-electron chi connectivity index (χ3n) is 3.58. The molecule has 0 aliphatic rings. The van der Waals surface area contributed by atoms with Gasteiger partial charge in [0.25, 0.3) is 0 Å². The first-order chi connectivity index (χ1) is 12.0. The van der Waals surface area contributed by atoms with Crippen LogP contribution in [-0.4, -0.2) is 18.1 Å². The average molecular weight is 341 g/mol. The summed E-state index contributed by atoms with van der Waals surface area (Å²) in [6, 6.07) is 13.2. The highest BCUT2D eigenvalue weighted by atomic mass is 16.6. The highest BCUT2D eigenvalue weighted by Gasteiger charge is 2.19. The zero-order valence-corrected chi connectivity index (χ0v) is 13.4. The summed E-state index contributed by atoms with van der Waals surface area (Å²) in [6.45, 7) is 2.02. The number of benzene rings is 2. The number of nitro benzene ring substituents is 1. The molecule has 0 fully saturated rings. The predicted octanol–water partition coefficient (Wildman–Crippen LogP) is 3.47. The average Bonchev–Trinajstić information content (AvgIpc) is 2.58. The van der Waals surface area contributed by atoms with Gasteiger partial charge in [-0.2, -0.15) is 0 Å². The molecule has 128 valence electrons. The molecule has 0 saturated carbocycles. The van der Waals surface area contributed by atoms with Gasteiger partial charge in [-0.25, -0.2) is 4.79 Å². The van der Waals surface area contributed by atoms with Crippen molar-refractivity contribution in [1.82, 2.24) is 0 Å². The van der Waals surface area contributed by atoms with Crippen LogP contribution in [0.25, 0.3) is 11.0 Å². The minimum Gasteiger partial charge on any atom is -0.490 e. The molecule has 1 aromatic heterocycles. The van der Waals surface area contributed by atoms with Crippen LogP contribution in [0.4, 0.5) is 5.69 Å². The fraction of sp³-hybridized carbons (Fsp3) is 0.167. The van der Waals surface area contributed by atoms with Crippen LogP contribution in [-0.2, 0) is 0 Å². The molecule has 2 aromatic carbocycles. The predicted molar refractivity (Wildman–Crippen MR) is 91.3 cm³/mol. The number of rotatable bonds is 6. The van der Waals surface area contributed by atoms with Gasteiger partial charge in [-0.3, -0.25) is 10.1 Å². The van der Waals surface area contributed by atoms with E-state index in [0.717, 1.165) is 0 Å². The maximum Gasteiger partial charge on any atom is 0.336 e. The molecule has 0 aliphatic carbocycles. The van der Waals surface area contributed by atoms with Gasteiger partial charge in [0.1, 0.15) is 24.5 Å². The summed E-state index contributed by atoms with van der Waals surface area (Å²) in [5.74, 6) is 0.712. The Kier molecular flexibility index (Phi) is 4.65. The normalized spacial score (nSPS) is 10.6. The number of hydrogen-bond acceptors (Lipinski definition) is 6. The van der Waals surface area contributed by atoms with Gasteiger partial charge < -0.3 is 13.9 Å². The van der Waals surface area contributed by atoms with Crippen molar-refractivity contribution in [3.8, 4) is 11.5 Å². The van der Waals surface area contributed by atoms with Crippen molar-refractivity contribution in [3.63, 3.8) is 0 Å². The lowest BCUT2D eigenvalue weighted by Crippen LogP contribution is -2.10. The topological polar surface area (TPSA) is 91.8 Å². The number of nitro groups is 1. The van der Waals surface area contributed by atoms with Crippen LogP contribution < -0.4 is 15.1 Å². The Morgan fingerprint density at radius 2 is 1.80 bits per heavy atom. The first-order valence-corrected chi connectivity index (χ1v) is 7.58. The number of aryl methyl sites for hydroxylation is 1. The van der Waals surface area contributed by atoms with Crippen molar-refractivity contribution in [1.29, 1.82) is 0 Å². The van der Waals surface area contributed by atoms with E-state index < -0.39 is 10.5 Å². The Morgan fingerprint density at radius 3 is 2.52 bits per heavy atom. The lowest BCUT2D eigenvalue weighted by atomic mass is 10.1. The van der Waals surface area contributed by atoms with Gasteiger partial charge in [0, 0.05) is 23.6 Å². The Labute approximate surface area is 142 Å². The molecule has 0 atom stereocenters. The lowest BCUT2D eigenvalue weighted by molar-refractivity contribution is -0.385. The largest absolute Gasteiger partial charge is 0.490 e. The van der Waals surface area contributed by atoms with Crippen molar-refractivity contribution >= 4 is 16.7 Å². The Balaban J connectivity index is 1.80. The van der Waals surface area contributed by atoms with E-state index >= 15 is 0 Å². The number of fused-ring (bicyclic) bond motifs is 1. The molecule has 0 amide bonds. The molecule has 0 saturated heterocycles. The molecular formula is C18H15NO6. The van der Waals surface area contributed by atoms with Crippen molar-refractivity contribution in [2.24, 2.45) is 0 Å². The molecule has 7 nitrogen and oxygen atoms in total. The molecule has 0 radical (unpaired) electrons. The molecular weight excluding hydrogens is 326 g/mol. The maximum absolute atomic E-state index is 11.5. The van der Waals surface area contributed by atoms with Gasteiger partial charge in [0.05, 0.1) is 4.92 Å². The number of ether oxygens (including phenoxy) is 2. The second kappa shape index (κ2) is 7.04. The SMILES string of the molecule is Cc1cc(=O)oc2cc(OCCOc3ccccc3)c([N+](=O)[O-])cc12. The van der Waals surface area contributed by atoms with Crippen LogP contribution in [0.2, 0.25) is 0 Å². The van der Waals surface area contributed by atoms with E-state index in [4.69, 9.17) is 13.9 Å². The summed E-state index contributed by atoms with van der Waals surface area (Å²) in [4.78, 5) is 22.3. The van der Waals surface area contributed by atoms with Crippen LogP contribution >= 0.6 is 0 Å². The van der Waals surface area contributed by atoms with Crippen LogP contribution in [0.3, 0.4) is 0 Å². The highest BCUT2D eigenvalue weighted by molar-refractivity contribution is 5.85. The molecule has 0 N–H and O–H groups in total. The van der Waals surface area contributed by atoms with Gasteiger partial charge >= 0.3 is 11.3 Å². The van der Waals surface area contributed by atoms with E-state index in [1.807, 2.05) is 18.2 Å². The minimum atomic E-state index is -0.530. The smallest absolute Gasteiger partial charge is 0.336 e.